The van der Waals surface area contributed by atoms with Crippen molar-refractivity contribution in [2.24, 2.45) is 0 Å². The van der Waals surface area contributed by atoms with Crippen molar-refractivity contribution in [3.63, 3.8) is 0 Å². The van der Waals surface area contributed by atoms with Crippen molar-refractivity contribution in [3.8, 4) is 0 Å². The number of rotatable bonds is 8. The first kappa shape index (κ1) is 23.8. The maximum absolute atomic E-state index is 11.9. The molecule has 158 valence electrons. The summed E-state index contributed by atoms with van der Waals surface area (Å²) in [5.74, 6) is -0.489. The number of nitrogens with zero attached hydrogens (tertiary/aromatic N) is 2. The van der Waals surface area contributed by atoms with Crippen LogP contribution in [-0.2, 0) is 38.2 Å². The van der Waals surface area contributed by atoms with E-state index in [-0.39, 0.29) is 37.9 Å². The molecule has 0 aromatic heterocycles. The summed E-state index contributed by atoms with van der Waals surface area (Å²) in [7, 11) is -7.14. The fourth-order valence-electron chi connectivity index (χ4n) is 2.08. The molecule has 0 unspecified atom stereocenters. The summed E-state index contributed by atoms with van der Waals surface area (Å²) in [6.07, 6.45) is 1.72. The average Bonchev–Trinajstić information content (AvgIpc) is 3.41. The Morgan fingerprint density at radius 3 is 1.30 bits per heavy atom. The van der Waals surface area contributed by atoms with Crippen LogP contribution < -0.4 is 5.32 Å². The van der Waals surface area contributed by atoms with Crippen LogP contribution >= 0.6 is 0 Å². The maximum atomic E-state index is 11.9. The zero-order valence-corrected chi connectivity index (χ0v) is 17.2. The second kappa shape index (κ2) is 10.9. The van der Waals surface area contributed by atoms with E-state index in [4.69, 9.17) is 0 Å². The quantitative estimate of drug-likeness (QED) is 0.341. The lowest BCUT2D eigenvalue weighted by Crippen LogP contribution is -2.50. The van der Waals surface area contributed by atoms with E-state index in [1.54, 1.807) is 0 Å². The van der Waals surface area contributed by atoms with E-state index >= 15 is 0 Å². The lowest BCUT2D eigenvalue weighted by Gasteiger charge is -2.34. The van der Waals surface area contributed by atoms with E-state index in [0.717, 1.165) is 12.5 Å². The Balaban J connectivity index is 0.00000110. The first-order chi connectivity index (χ1) is 12.5. The molecule has 1 N–H and O–H groups in total. The van der Waals surface area contributed by atoms with Crippen LogP contribution in [0.5, 0.6) is 0 Å². The van der Waals surface area contributed by atoms with Crippen molar-refractivity contribution in [2.45, 2.75) is 12.8 Å². The lowest BCUT2D eigenvalue weighted by molar-refractivity contribution is -0.140. The first-order valence-corrected chi connectivity index (χ1v) is 12.1. The normalized spacial score (nSPS) is 17.1. The predicted octanol–water partition coefficient (Wildman–Crippen LogP) is -2.02. The molecule has 2 rings (SSSR count). The summed E-state index contributed by atoms with van der Waals surface area (Å²) in [5, 5.41) is 3.00. The summed E-state index contributed by atoms with van der Waals surface area (Å²) in [4.78, 5) is 26.9. The highest BCUT2D eigenvalue weighted by Crippen LogP contribution is 2.07. The van der Waals surface area contributed by atoms with Crippen molar-refractivity contribution >= 4 is 32.1 Å². The van der Waals surface area contributed by atoms with Crippen molar-refractivity contribution in [1.29, 1.82) is 0 Å². The Morgan fingerprint density at radius 2 is 1.07 bits per heavy atom. The molecule has 0 aliphatic carbocycles. The SMILES string of the molecule is C1CN1.CS(=O)(=O)OCCC(=O)N1CCN(C(=O)CCOS(C)(=O)=O)CC1. The molecule has 13 heteroatoms. The first-order valence-electron chi connectivity index (χ1n) is 8.43. The van der Waals surface area contributed by atoms with Gasteiger partial charge in [-0.2, -0.15) is 16.8 Å². The molecule has 0 bridgehead atoms. The van der Waals surface area contributed by atoms with E-state index < -0.39 is 20.2 Å². The third-order valence-corrected chi connectivity index (χ3v) is 4.65. The molecule has 0 aromatic rings. The average molecular weight is 430 g/mol. The Bertz CT molecular complexity index is 637. The summed E-state index contributed by atoms with van der Waals surface area (Å²) in [6.45, 7) is 3.40. The topological polar surface area (TPSA) is 149 Å². The molecule has 2 aliphatic heterocycles. The molecular weight excluding hydrogens is 402 g/mol. The van der Waals surface area contributed by atoms with Crippen molar-refractivity contribution < 1.29 is 34.8 Å². The van der Waals surface area contributed by atoms with Gasteiger partial charge < -0.3 is 15.1 Å². The molecule has 0 radical (unpaired) electrons. The van der Waals surface area contributed by atoms with Gasteiger partial charge in [-0.25, -0.2) is 0 Å². The van der Waals surface area contributed by atoms with Crippen LogP contribution in [0.15, 0.2) is 0 Å². The van der Waals surface area contributed by atoms with E-state index in [1.807, 2.05) is 0 Å². The number of hydrogen-bond acceptors (Lipinski definition) is 9. The van der Waals surface area contributed by atoms with E-state index in [1.165, 1.54) is 22.9 Å². The summed E-state index contributed by atoms with van der Waals surface area (Å²) < 4.78 is 52.3. The summed E-state index contributed by atoms with van der Waals surface area (Å²) >= 11 is 0. The molecule has 2 aliphatic rings. The summed E-state index contributed by atoms with van der Waals surface area (Å²) in [5.41, 5.74) is 0. The fraction of sp³-hybridized carbons (Fsp3) is 0.857. The van der Waals surface area contributed by atoms with E-state index in [2.05, 4.69) is 13.7 Å². The Hall–Kier alpha value is -1.28. The third-order valence-electron chi connectivity index (χ3n) is 3.46. The Labute approximate surface area is 160 Å². The van der Waals surface area contributed by atoms with Gasteiger partial charge in [0.15, 0.2) is 0 Å². The molecule has 11 nitrogen and oxygen atoms in total. The van der Waals surface area contributed by atoms with Gasteiger partial charge in [0.1, 0.15) is 0 Å². The van der Waals surface area contributed by atoms with E-state index in [0.29, 0.717) is 26.2 Å². The highest BCUT2D eigenvalue weighted by molar-refractivity contribution is 7.86. The highest BCUT2D eigenvalue weighted by Gasteiger charge is 2.24. The molecule has 0 atom stereocenters. The van der Waals surface area contributed by atoms with Crippen molar-refractivity contribution in [2.75, 3.05) is 65.0 Å². The zero-order chi connectivity index (χ0) is 20.5. The van der Waals surface area contributed by atoms with E-state index in [9.17, 15) is 26.4 Å². The number of amides is 2. The lowest BCUT2D eigenvalue weighted by atomic mass is 10.2. The van der Waals surface area contributed by atoms with Crippen LogP contribution in [-0.4, -0.2) is 103 Å². The molecule has 0 aromatic carbocycles. The molecule has 0 saturated carbocycles. The number of hydrogen-bond donors (Lipinski definition) is 1. The third kappa shape index (κ3) is 12.7. The van der Waals surface area contributed by atoms with Gasteiger partial charge in [0.05, 0.1) is 38.6 Å². The van der Waals surface area contributed by atoms with Crippen LogP contribution in [0, 0.1) is 0 Å². The van der Waals surface area contributed by atoms with Crippen LogP contribution in [0.4, 0.5) is 0 Å². The fourth-order valence-corrected chi connectivity index (χ4v) is 2.85. The summed E-state index contributed by atoms with van der Waals surface area (Å²) in [6, 6.07) is 0. The van der Waals surface area contributed by atoms with Gasteiger partial charge in [-0.1, -0.05) is 0 Å². The van der Waals surface area contributed by atoms with Gasteiger partial charge in [0, 0.05) is 39.3 Å². The van der Waals surface area contributed by atoms with Gasteiger partial charge in [-0.3, -0.25) is 18.0 Å². The second-order valence-electron chi connectivity index (χ2n) is 6.06. The minimum absolute atomic E-state index is 0.0524. The predicted molar refractivity (Wildman–Crippen MR) is 96.9 cm³/mol. The zero-order valence-electron chi connectivity index (χ0n) is 15.5. The van der Waals surface area contributed by atoms with Gasteiger partial charge >= 0.3 is 0 Å². The van der Waals surface area contributed by atoms with Crippen LogP contribution in [0.3, 0.4) is 0 Å². The van der Waals surface area contributed by atoms with Gasteiger partial charge in [-0.15, -0.1) is 0 Å². The van der Waals surface area contributed by atoms with Crippen LogP contribution in [0.25, 0.3) is 0 Å². The molecular formula is C14H27N3O8S2. The largest absolute Gasteiger partial charge is 0.339 e. The minimum atomic E-state index is -3.57. The standard InChI is InChI=1S/C12H22N2O8S2.C2H5N/c1-23(17,18)21-9-3-11(15)13-5-7-14(8-6-13)12(16)4-10-22-24(2,19)20;1-2-3-1/h3-10H2,1-2H3;3H,1-2H2. The minimum Gasteiger partial charge on any atom is -0.339 e. The molecule has 2 saturated heterocycles. The highest BCUT2D eigenvalue weighted by atomic mass is 32.2. The Morgan fingerprint density at radius 1 is 0.778 bits per heavy atom. The van der Waals surface area contributed by atoms with Crippen LogP contribution in [0.2, 0.25) is 0 Å². The monoisotopic (exact) mass is 429 g/mol. The van der Waals surface area contributed by atoms with Crippen molar-refractivity contribution in [1.82, 2.24) is 15.1 Å². The van der Waals surface area contributed by atoms with Crippen molar-refractivity contribution in [3.05, 3.63) is 0 Å². The Kier molecular flexibility index (Phi) is 9.59. The van der Waals surface area contributed by atoms with Gasteiger partial charge in [0.2, 0.25) is 11.8 Å². The molecule has 2 heterocycles. The molecule has 2 amide bonds. The number of carbonyl (C=O) groups excluding carboxylic acids is 2. The smallest absolute Gasteiger partial charge is 0.264 e. The number of nitrogens with one attached hydrogen (secondary N) is 1. The van der Waals surface area contributed by atoms with Crippen LogP contribution in [0.1, 0.15) is 12.8 Å². The van der Waals surface area contributed by atoms with Gasteiger partial charge in [0.25, 0.3) is 20.2 Å². The second-order valence-corrected chi connectivity index (χ2v) is 9.35. The van der Waals surface area contributed by atoms with Gasteiger partial charge in [-0.05, 0) is 0 Å². The number of piperazine rings is 1. The molecule has 2 fully saturated rings. The number of carbonyl (C=O) groups is 2. The molecule has 0 spiro atoms. The molecule has 27 heavy (non-hydrogen) atoms. The maximum Gasteiger partial charge on any atom is 0.264 e.